The average molecular weight is 308 g/mol. The van der Waals surface area contributed by atoms with Crippen molar-refractivity contribution in [3.05, 3.63) is 23.8 Å². The Hall–Kier alpha value is -1.26. The Morgan fingerprint density at radius 1 is 1.05 bits per heavy atom. The summed E-state index contributed by atoms with van der Waals surface area (Å²) in [4.78, 5) is 2.33. The number of nitrogens with zero attached hydrogens (tertiary/aromatic N) is 1. The van der Waals surface area contributed by atoms with Crippen LogP contribution in [0.15, 0.2) is 18.2 Å². The molecule has 0 saturated heterocycles. The number of ether oxygens (including phenoxy) is 2. The van der Waals surface area contributed by atoms with E-state index in [1.54, 1.807) is 14.2 Å². The molecule has 1 rings (SSSR count). The van der Waals surface area contributed by atoms with Crippen molar-refractivity contribution < 1.29 is 9.47 Å². The number of methoxy groups -OCH3 is 2. The van der Waals surface area contributed by atoms with Crippen LogP contribution in [-0.4, -0.2) is 45.8 Å². The third-order valence-electron chi connectivity index (χ3n) is 4.39. The molecule has 4 nitrogen and oxygen atoms in total. The zero-order valence-corrected chi connectivity index (χ0v) is 15.0. The smallest absolute Gasteiger partial charge is 0.161 e. The summed E-state index contributed by atoms with van der Waals surface area (Å²) in [6, 6.07) is 6.64. The Morgan fingerprint density at radius 3 is 2.18 bits per heavy atom. The Bertz CT molecular complexity index is 431. The van der Waals surface area contributed by atoms with E-state index in [9.17, 15) is 0 Å². The molecule has 1 unspecified atom stereocenters. The maximum Gasteiger partial charge on any atom is 0.161 e. The molecule has 22 heavy (non-hydrogen) atoms. The molecular formula is C18H32N2O2. The summed E-state index contributed by atoms with van der Waals surface area (Å²) >= 11 is 0. The minimum Gasteiger partial charge on any atom is -0.493 e. The molecule has 0 aliphatic heterocycles. The molecule has 0 fully saturated rings. The van der Waals surface area contributed by atoms with Crippen molar-refractivity contribution in [1.82, 2.24) is 10.2 Å². The van der Waals surface area contributed by atoms with Gasteiger partial charge in [0.1, 0.15) is 0 Å². The molecule has 1 atom stereocenters. The van der Waals surface area contributed by atoms with E-state index in [1.165, 1.54) is 18.4 Å². The van der Waals surface area contributed by atoms with Gasteiger partial charge in [-0.1, -0.05) is 32.8 Å². The predicted molar refractivity (Wildman–Crippen MR) is 92.8 cm³/mol. The fourth-order valence-corrected chi connectivity index (χ4v) is 2.96. The normalized spacial score (nSPS) is 12.7. The van der Waals surface area contributed by atoms with Crippen LogP contribution in [0.3, 0.4) is 0 Å². The summed E-state index contributed by atoms with van der Waals surface area (Å²) in [6.45, 7) is 6.39. The second-order valence-corrected chi connectivity index (χ2v) is 5.93. The first-order valence-corrected chi connectivity index (χ1v) is 8.15. The highest BCUT2D eigenvalue weighted by Gasteiger charge is 2.20. The lowest BCUT2D eigenvalue weighted by atomic mass is 9.93. The lowest BCUT2D eigenvalue weighted by Crippen LogP contribution is -2.42. The number of hydrogen-bond donors (Lipinski definition) is 1. The van der Waals surface area contributed by atoms with Crippen molar-refractivity contribution in [1.29, 1.82) is 0 Å². The van der Waals surface area contributed by atoms with Crippen molar-refractivity contribution in [3.8, 4) is 11.5 Å². The monoisotopic (exact) mass is 308 g/mol. The van der Waals surface area contributed by atoms with E-state index in [0.29, 0.717) is 6.04 Å². The first-order chi connectivity index (χ1) is 10.6. The molecular weight excluding hydrogens is 276 g/mol. The highest BCUT2D eigenvalue weighted by molar-refractivity contribution is 5.42. The van der Waals surface area contributed by atoms with Crippen LogP contribution in [0.1, 0.15) is 32.3 Å². The van der Waals surface area contributed by atoms with Crippen LogP contribution in [0, 0.1) is 5.92 Å². The molecule has 0 saturated carbocycles. The van der Waals surface area contributed by atoms with Gasteiger partial charge in [-0.2, -0.15) is 0 Å². The Kier molecular flexibility index (Phi) is 8.28. The molecule has 0 amide bonds. The summed E-state index contributed by atoms with van der Waals surface area (Å²) < 4.78 is 10.6. The van der Waals surface area contributed by atoms with E-state index in [0.717, 1.165) is 30.5 Å². The molecule has 1 N–H and O–H groups in total. The molecule has 0 aliphatic carbocycles. The van der Waals surface area contributed by atoms with Gasteiger partial charge in [0.15, 0.2) is 11.5 Å². The molecule has 0 radical (unpaired) electrons. The van der Waals surface area contributed by atoms with Gasteiger partial charge in [-0.15, -0.1) is 0 Å². The molecule has 126 valence electrons. The first-order valence-electron chi connectivity index (χ1n) is 8.15. The van der Waals surface area contributed by atoms with Gasteiger partial charge in [0.25, 0.3) is 0 Å². The van der Waals surface area contributed by atoms with Crippen LogP contribution in [-0.2, 0) is 6.54 Å². The summed E-state index contributed by atoms with van der Waals surface area (Å²) in [5.41, 5.74) is 1.21. The van der Waals surface area contributed by atoms with E-state index in [1.807, 2.05) is 12.1 Å². The van der Waals surface area contributed by atoms with E-state index < -0.39 is 0 Å². The van der Waals surface area contributed by atoms with E-state index in [4.69, 9.17) is 9.47 Å². The number of hydrogen-bond acceptors (Lipinski definition) is 4. The zero-order valence-electron chi connectivity index (χ0n) is 15.0. The maximum absolute atomic E-state index is 5.35. The summed E-state index contributed by atoms with van der Waals surface area (Å²) in [5, 5.41) is 3.58. The number of rotatable bonds is 10. The zero-order chi connectivity index (χ0) is 16.5. The van der Waals surface area contributed by atoms with Crippen molar-refractivity contribution in [2.24, 2.45) is 5.92 Å². The van der Waals surface area contributed by atoms with E-state index in [-0.39, 0.29) is 0 Å². The molecule has 4 heteroatoms. The fourth-order valence-electron chi connectivity index (χ4n) is 2.96. The number of nitrogens with one attached hydrogen (secondary N) is 1. The third-order valence-corrected chi connectivity index (χ3v) is 4.39. The predicted octanol–water partition coefficient (Wildman–Crippen LogP) is 3.16. The van der Waals surface area contributed by atoms with Crippen molar-refractivity contribution >= 4 is 0 Å². The lowest BCUT2D eigenvalue weighted by Gasteiger charge is -2.31. The molecule has 0 spiro atoms. The Labute approximate surface area is 135 Å². The number of likely N-dealkylation sites (N-methyl/N-ethyl adjacent to an activating group) is 1. The third kappa shape index (κ3) is 5.18. The van der Waals surface area contributed by atoms with Gasteiger partial charge in [0.2, 0.25) is 0 Å². The molecule has 1 aromatic rings. The second kappa shape index (κ2) is 9.70. The van der Waals surface area contributed by atoms with Crippen molar-refractivity contribution in [2.45, 2.75) is 39.3 Å². The van der Waals surface area contributed by atoms with Gasteiger partial charge in [0, 0.05) is 19.1 Å². The van der Waals surface area contributed by atoms with Crippen LogP contribution >= 0.6 is 0 Å². The SMILES string of the molecule is CCC(CC)C(CNCc1ccc(OC)c(OC)c1)N(C)C. The summed E-state index contributed by atoms with van der Waals surface area (Å²) in [6.07, 6.45) is 2.44. The molecule has 0 heterocycles. The van der Waals surface area contributed by atoms with Crippen LogP contribution in [0.5, 0.6) is 11.5 Å². The Morgan fingerprint density at radius 2 is 1.68 bits per heavy atom. The van der Waals surface area contributed by atoms with Crippen LogP contribution in [0.25, 0.3) is 0 Å². The highest BCUT2D eigenvalue weighted by atomic mass is 16.5. The Balaban J connectivity index is 2.61. The lowest BCUT2D eigenvalue weighted by molar-refractivity contribution is 0.194. The standard InChI is InChI=1S/C18H32N2O2/c1-7-15(8-2)16(20(3)4)13-19-12-14-9-10-17(21-5)18(11-14)22-6/h9-11,15-16,19H,7-8,12-13H2,1-6H3. The minimum absolute atomic E-state index is 0.565. The summed E-state index contributed by atoms with van der Waals surface area (Å²) in [7, 11) is 7.67. The molecule has 1 aromatic carbocycles. The van der Waals surface area contributed by atoms with Gasteiger partial charge < -0.3 is 19.7 Å². The van der Waals surface area contributed by atoms with Crippen LogP contribution < -0.4 is 14.8 Å². The first kappa shape index (κ1) is 18.8. The topological polar surface area (TPSA) is 33.7 Å². The second-order valence-electron chi connectivity index (χ2n) is 5.93. The van der Waals surface area contributed by atoms with Gasteiger partial charge in [0.05, 0.1) is 14.2 Å². The van der Waals surface area contributed by atoms with Crippen molar-refractivity contribution in [2.75, 3.05) is 34.9 Å². The van der Waals surface area contributed by atoms with Gasteiger partial charge in [-0.25, -0.2) is 0 Å². The van der Waals surface area contributed by atoms with Gasteiger partial charge in [-0.05, 0) is 37.7 Å². The van der Waals surface area contributed by atoms with Crippen LogP contribution in [0.2, 0.25) is 0 Å². The van der Waals surface area contributed by atoms with Gasteiger partial charge >= 0.3 is 0 Å². The minimum atomic E-state index is 0.565. The quantitative estimate of drug-likeness (QED) is 0.720. The van der Waals surface area contributed by atoms with E-state index in [2.05, 4.69) is 44.2 Å². The molecule has 0 aliphatic rings. The molecule has 0 bridgehead atoms. The fraction of sp³-hybridized carbons (Fsp3) is 0.667. The molecule has 0 aromatic heterocycles. The maximum atomic E-state index is 5.35. The van der Waals surface area contributed by atoms with E-state index >= 15 is 0 Å². The average Bonchev–Trinajstić information content (AvgIpc) is 2.53. The summed E-state index contributed by atoms with van der Waals surface area (Å²) in [5.74, 6) is 2.29. The van der Waals surface area contributed by atoms with Crippen molar-refractivity contribution in [3.63, 3.8) is 0 Å². The highest BCUT2D eigenvalue weighted by Crippen LogP contribution is 2.27. The largest absolute Gasteiger partial charge is 0.493 e. The van der Waals surface area contributed by atoms with Crippen LogP contribution in [0.4, 0.5) is 0 Å². The van der Waals surface area contributed by atoms with Gasteiger partial charge in [-0.3, -0.25) is 0 Å². The number of benzene rings is 1.